The maximum atomic E-state index is 11.7. The molecule has 116 valence electrons. The Bertz CT molecular complexity index is 436. The highest BCUT2D eigenvalue weighted by atomic mass is 16.5. The summed E-state index contributed by atoms with van der Waals surface area (Å²) >= 11 is 0. The van der Waals surface area contributed by atoms with Crippen molar-refractivity contribution in [2.24, 2.45) is 0 Å². The summed E-state index contributed by atoms with van der Waals surface area (Å²) in [6.07, 6.45) is 4.08. The molecular weight excluding hydrogens is 266 g/mol. The van der Waals surface area contributed by atoms with E-state index in [1.807, 2.05) is 12.1 Å². The number of esters is 1. The van der Waals surface area contributed by atoms with Crippen molar-refractivity contribution < 1.29 is 14.6 Å². The van der Waals surface area contributed by atoms with Gasteiger partial charge in [0.15, 0.2) is 0 Å². The van der Waals surface area contributed by atoms with Gasteiger partial charge < -0.3 is 9.84 Å². The highest BCUT2D eigenvalue weighted by molar-refractivity contribution is 5.71. The zero-order valence-electron chi connectivity index (χ0n) is 12.8. The number of aromatic hydroxyl groups is 1. The fourth-order valence-corrected chi connectivity index (χ4v) is 2.73. The Morgan fingerprint density at radius 3 is 2.57 bits per heavy atom. The van der Waals surface area contributed by atoms with Crippen molar-refractivity contribution in [3.05, 3.63) is 29.8 Å². The molecule has 1 aromatic carbocycles. The number of ether oxygens (including phenoxy) is 1. The van der Waals surface area contributed by atoms with E-state index in [2.05, 4.69) is 11.8 Å². The van der Waals surface area contributed by atoms with Crippen LogP contribution in [0.5, 0.6) is 5.75 Å². The minimum Gasteiger partial charge on any atom is -0.508 e. The van der Waals surface area contributed by atoms with Gasteiger partial charge in [-0.05, 0) is 56.0 Å². The fraction of sp³-hybridized carbons (Fsp3) is 0.588. The molecule has 0 radical (unpaired) electrons. The van der Waals surface area contributed by atoms with Crippen molar-refractivity contribution in [1.29, 1.82) is 0 Å². The van der Waals surface area contributed by atoms with E-state index in [-0.39, 0.29) is 5.97 Å². The van der Waals surface area contributed by atoms with Gasteiger partial charge in [-0.25, -0.2) is 0 Å². The molecule has 1 heterocycles. The summed E-state index contributed by atoms with van der Waals surface area (Å²) in [6, 6.07) is 7.48. The van der Waals surface area contributed by atoms with Gasteiger partial charge in [0, 0.05) is 0 Å². The SMILES string of the molecule is CCCCOC(=O)CN1CCC(c2ccc(O)cc2)CC1. The van der Waals surface area contributed by atoms with Gasteiger partial charge >= 0.3 is 5.97 Å². The molecule has 1 saturated heterocycles. The topological polar surface area (TPSA) is 49.8 Å². The molecule has 21 heavy (non-hydrogen) atoms. The number of rotatable bonds is 6. The molecular formula is C17H25NO3. The molecule has 4 nitrogen and oxygen atoms in total. The highest BCUT2D eigenvalue weighted by Crippen LogP contribution is 2.28. The first-order chi connectivity index (χ1) is 10.2. The summed E-state index contributed by atoms with van der Waals surface area (Å²) in [5, 5.41) is 9.33. The first kappa shape index (κ1) is 15.8. The fourth-order valence-electron chi connectivity index (χ4n) is 2.73. The molecule has 0 aromatic heterocycles. The molecule has 4 heteroatoms. The smallest absolute Gasteiger partial charge is 0.320 e. The third kappa shape index (κ3) is 5.05. The second-order valence-electron chi connectivity index (χ2n) is 5.72. The number of phenols is 1. The molecule has 2 rings (SSSR count). The predicted octanol–water partition coefficient (Wildman–Crippen LogP) is 2.91. The average Bonchev–Trinajstić information content (AvgIpc) is 2.49. The van der Waals surface area contributed by atoms with Crippen molar-refractivity contribution in [2.75, 3.05) is 26.2 Å². The lowest BCUT2D eigenvalue weighted by molar-refractivity contribution is -0.145. The number of carbonyl (C=O) groups excluding carboxylic acids is 1. The molecule has 1 aliphatic heterocycles. The lowest BCUT2D eigenvalue weighted by Gasteiger charge is -2.31. The summed E-state index contributed by atoms with van der Waals surface area (Å²) in [4.78, 5) is 13.9. The van der Waals surface area contributed by atoms with Crippen molar-refractivity contribution >= 4 is 5.97 Å². The first-order valence-corrected chi connectivity index (χ1v) is 7.86. The Labute approximate surface area is 126 Å². The molecule has 1 aliphatic rings. The van der Waals surface area contributed by atoms with Crippen LogP contribution in [-0.2, 0) is 9.53 Å². The van der Waals surface area contributed by atoms with Crippen LogP contribution in [0.4, 0.5) is 0 Å². The Morgan fingerprint density at radius 1 is 1.29 bits per heavy atom. The first-order valence-electron chi connectivity index (χ1n) is 7.86. The van der Waals surface area contributed by atoms with Gasteiger partial charge in [0.05, 0.1) is 13.2 Å². The number of piperidine rings is 1. The minimum atomic E-state index is -0.105. The number of hydrogen-bond donors (Lipinski definition) is 1. The molecule has 0 atom stereocenters. The summed E-state index contributed by atoms with van der Waals surface area (Å²) in [5.74, 6) is 0.732. The third-order valence-electron chi connectivity index (χ3n) is 4.07. The summed E-state index contributed by atoms with van der Waals surface area (Å²) in [7, 11) is 0. The van der Waals surface area contributed by atoms with Gasteiger partial charge in [0.1, 0.15) is 5.75 Å². The van der Waals surface area contributed by atoms with E-state index in [9.17, 15) is 9.90 Å². The van der Waals surface area contributed by atoms with Crippen LogP contribution in [0, 0.1) is 0 Å². The van der Waals surface area contributed by atoms with Crippen LogP contribution in [0.2, 0.25) is 0 Å². The van der Waals surface area contributed by atoms with Crippen LogP contribution in [0.25, 0.3) is 0 Å². The van der Waals surface area contributed by atoms with Crippen molar-refractivity contribution in [3.8, 4) is 5.75 Å². The van der Waals surface area contributed by atoms with E-state index in [0.29, 0.717) is 24.8 Å². The van der Waals surface area contributed by atoms with E-state index in [1.165, 1.54) is 5.56 Å². The van der Waals surface area contributed by atoms with Gasteiger partial charge in [-0.3, -0.25) is 9.69 Å². The van der Waals surface area contributed by atoms with Crippen molar-refractivity contribution in [1.82, 2.24) is 4.90 Å². The molecule has 1 aromatic rings. The maximum Gasteiger partial charge on any atom is 0.320 e. The Balaban J connectivity index is 1.73. The summed E-state index contributed by atoms with van der Waals surface area (Å²) in [5.41, 5.74) is 1.28. The van der Waals surface area contributed by atoms with Crippen LogP contribution >= 0.6 is 0 Å². The number of carbonyl (C=O) groups is 1. The summed E-state index contributed by atoms with van der Waals surface area (Å²) < 4.78 is 5.20. The van der Waals surface area contributed by atoms with Crippen LogP contribution in [-0.4, -0.2) is 42.2 Å². The number of hydrogen-bond acceptors (Lipinski definition) is 4. The number of likely N-dealkylation sites (tertiary alicyclic amines) is 1. The molecule has 0 spiro atoms. The van der Waals surface area contributed by atoms with Gasteiger partial charge in [-0.2, -0.15) is 0 Å². The van der Waals surface area contributed by atoms with E-state index >= 15 is 0 Å². The van der Waals surface area contributed by atoms with E-state index in [4.69, 9.17) is 4.74 Å². The van der Waals surface area contributed by atoms with Gasteiger partial charge in [-0.15, -0.1) is 0 Å². The second kappa shape index (κ2) is 8.03. The lowest BCUT2D eigenvalue weighted by Crippen LogP contribution is -2.37. The molecule has 0 bridgehead atoms. The zero-order chi connectivity index (χ0) is 15.1. The van der Waals surface area contributed by atoms with Crippen LogP contribution in [0.1, 0.15) is 44.1 Å². The van der Waals surface area contributed by atoms with Gasteiger partial charge in [0.25, 0.3) is 0 Å². The lowest BCUT2D eigenvalue weighted by atomic mass is 9.89. The standard InChI is InChI=1S/C17H25NO3/c1-2-3-12-21-17(20)13-18-10-8-15(9-11-18)14-4-6-16(19)7-5-14/h4-7,15,19H,2-3,8-13H2,1H3. The number of nitrogens with zero attached hydrogens (tertiary/aromatic N) is 1. The molecule has 1 N–H and O–H groups in total. The largest absolute Gasteiger partial charge is 0.508 e. The van der Waals surface area contributed by atoms with Crippen LogP contribution < -0.4 is 0 Å². The molecule has 0 amide bonds. The normalized spacial score (nSPS) is 16.8. The van der Waals surface area contributed by atoms with Crippen molar-refractivity contribution in [2.45, 2.75) is 38.5 Å². The average molecular weight is 291 g/mol. The van der Waals surface area contributed by atoms with E-state index in [1.54, 1.807) is 12.1 Å². The van der Waals surface area contributed by atoms with Crippen LogP contribution in [0.3, 0.4) is 0 Å². The second-order valence-corrected chi connectivity index (χ2v) is 5.72. The Hall–Kier alpha value is -1.55. The van der Waals surface area contributed by atoms with Crippen molar-refractivity contribution in [3.63, 3.8) is 0 Å². The Kier molecular flexibility index (Phi) is 6.05. The molecule has 1 fully saturated rings. The Morgan fingerprint density at radius 2 is 1.95 bits per heavy atom. The minimum absolute atomic E-state index is 0.105. The molecule has 0 aliphatic carbocycles. The van der Waals surface area contributed by atoms with E-state index < -0.39 is 0 Å². The van der Waals surface area contributed by atoms with Crippen LogP contribution in [0.15, 0.2) is 24.3 Å². The quantitative estimate of drug-likeness (QED) is 0.647. The van der Waals surface area contributed by atoms with Gasteiger partial charge in [-0.1, -0.05) is 25.5 Å². The highest BCUT2D eigenvalue weighted by Gasteiger charge is 2.22. The third-order valence-corrected chi connectivity index (χ3v) is 4.07. The monoisotopic (exact) mass is 291 g/mol. The van der Waals surface area contributed by atoms with Gasteiger partial charge in [0.2, 0.25) is 0 Å². The zero-order valence-corrected chi connectivity index (χ0v) is 12.8. The van der Waals surface area contributed by atoms with E-state index in [0.717, 1.165) is 38.8 Å². The maximum absolute atomic E-state index is 11.7. The number of unbranched alkanes of at least 4 members (excludes halogenated alkanes) is 1. The summed E-state index contributed by atoms with van der Waals surface area (Å²) in [6.45, 7) is 4.89. The predicted molar refractivity (Wildman–Crippen MR) is 82.4 cm³/mol. The number of phenolic OH excluding ortho intramolecular Hbond substituents is 1. The molecule has 0 saturated carbocycles. The number of benzene rings is 1. The molecule has 0 unspecified atom stereocenters.